The highest BCUT2D eigenvalue weighted by Crippen LogP contribution is 2.31. The van der Waals surface area contributed by atoms with Crippen LogP contribution < -0.4 is 5.32 Å². The third kappa shape index (κ3) is 3.61. The van der Waals surface area contributed by atoms with E-state index in [-0.39, 0.29) is 23.5 Å². The number of carbonyl (C=O) groups excluding carboxylic acids is 1. The molecular formula is C21H22N6O3S2. The number of pyridine rings is 1. The number of carbonyl (C=O) groups is 1. The Morgan fingerprint density at radius 2 is 2.06 bits per heavy atom. The highest BCUT2D eigenvalue weighted by Gasteiger charge is 2.31. The topological polar surface area (TPSA) is 112 Å². The lowest BCUT2D eigenvalue weighted by atomic mass is 10.1. The average Bonchev–Trinajstić information content (AvgIpc) is 3.50. The first-order valence-corrected chi connectivity index (χ1v) is 12.9. The smallest absolute Gasteiger partial charge is 0.257 e. The zero-order valence-electron chi connectivity index (χ0n) is 17.9. The van der Waals surface area contributed by atoms with Gasteiger partial charge in [-0.3, -0.25) is 9.48 Å². The molecule has 9 nitrogen and oxygen atoms in total. The van der Waals surface area contributed by atoms with Gasteiger partial charge in [-0.1, -0.05) is 6.07 Å². The molecule has 1 saturated heterocycles. The van der Waals surface area contributed by atoms with E-state index in [1.807, 2.05) is 31.4 Å². The van der Waals surface area contributed by atoms with Crippen molar-refractivity contribution in [3.63, 3.8) is 0 Å². The molecule has 0 saturated carbocycles. The van der Waals surface area contributed by atoms with E-state index in [9.17, 15) is 13.2 Å². The Balaban J connectivity index is 1.57. The molecule has 0 radical (unpaired) electrons. The molecule has 0 spiro atoms. The van der Waals surface area contributed by atoms with Crippen LogP contribution in [0.15, 0.2) is 29.6 Å². The van der Waals surface area contributed by atoms with E-state index in [1.54, 1.807) is 39.9 Å². The fourth-order valence-electron chi connectivity index (χ4n) is 4.21. The molecule has 4 aromatic rings. The van der Waals surface area contributed by atoms with Gasteiger partial charge in [0.25, 0.3) is 5.91 Å². The summed E-state index contributed by atoms with van der Waals surface area (Å²) in [6, 6.07) is 7.16. The summed E-state index contributed by atoms with van der Waals surface area (Å²) in [6.07, 6.45) is 0.482. The highest BCUT2D eigenvalue weighted by atomic mass is 32.2. The van der Waals surface area contributed by atoms with E-state index in [0.717, 1.165) is 4.88 Å². The number of anilines is 1. The minimum Gasteiger partial charge on any atom is -0.307 e. The van der Waals surface area contributed by atoms with Crippen molar-refractivity contribution < 1.29 is 13.2 Å². The molecule has 11 heteroatoms. The maximum absolute atomic E-state index is 13.5. The van der Waals surface area contributed by atoms with Crippen molar-refractivity contribution >= 4 is 43.9 Å². The molecule has 4 aromatic heterocycles. The average molecular weight is 471 g/mol. The molecule has 0 aromatic carbocycles. The second kappa shape index (κ2) is 7.52. The number of amides is 1. The normalized spacial score (nSPS) is 17.8. The Labute approximate surface area is 189 Å². The Morgan fingerprint density at radius 3 is 2.75 bits per heavy atom. The summed E-state index contributed by atoms with van der Waals surface area (Å²) in [6.45, 7) is 3.67. The first kappa shape index (κ1) is 20.8. The van der Waals surface area contributed by atoms with Crippen molar-refractivity contribution in [2.45, 2.75) is 26.3 Å². The van der Waals surface area contributed by atoms with Gasteiger partial charge in [0.05, 0.1) is 50.5 Å². The van der Waals surface area contributed by atoms with Crippen LogP contribution in [0.5, 0.6) is 0 Å². The van der Waals surface area contributed by atoms with Crippen LogP contribution in [0, 0.1) is 13.8 Å². The maximum Gasteiger partial charge on any atom is 0.257 e. The molecule has 1 fully saturated rings. The van der Waals surface area contributed by atoms with Crippen LogP contribution in [0.25, 0.3) is 21.6 Å². The van der Waals surface area contributed by atoms with E-state index in [2.05, 4.69) is 15.5 Å². The maximum atomic E-state index is 13.5. The Kier molecular flexibility index (Phi) is 4.90. The molecule has 1 amide bonds. The van der Waals surface area contributed by atoms with Gasteiger partial charge in [-0.25, -0.2) is 18.1 Å². The van der Waals surface area contributed by atoms with Crippen LogP contribution in [0.2, 0.25) is 0 Å². The van der Waals surface area contributed by atoms with Gasteiger partial charge < -0.3 is 5.32 Å². The molecule has 1 N–H and O–H groups in total. The molecule has 166 valence electrons. The number of sulfone groups is 1. The molecule has 5 rings (SSSR count). The number of hydrogen-bond acceptors (Lipinski definition) is 7. The monoisotopic (exact) mass is 470 g/mol. The lowest BCUT2D eigenvalue weighted by Crippen LogP contribution is -2.20. The zero-order valence-corrected chi connectivity index (χ0v) is 19.5. The Morgan fingerprint density at radius 1 is 1.25 bits per heavy atom. The van der Waals surface area contributed by atoms with Crippen LogP contribution in [-0.4, -0.2) is 50.4 Å². The van der Waals surface area contributed by atoms with Crippen LogP contribution in [0.4, 0.5) is 5.82 Å². The zero-order chi connectivity index (χ0) is 22.6. The summed E-state index contributed by atoms with van der Waals surface area (Å²) >= 11 is 1.55. The fourth-order valence-corrected chi connectivity index (χ4v) is 6.59. The molecule has 1 atom stereocenters. The van der Waals surface area contributed by atoms with Crippen molar-refractivity contribution in [1.82, 2.24) is 24.5 Å². The third-order valence-electron chi connectivity index (χ3n) is 5.64. The van der Waals surface area contributed by atoms with Crippen LogP contribution in [-0.2, 0) is 16.9 Å². The lowest BCUT2D eigenvalue weighted by molar-refractivity contribution is 0.102. The first-order chi connectivity index (χ1) is 15.2. The van der Waals surface area contributed by atoms with Gasteiger partial charge in [0.2, 0.25) is 0 Å². The van der Waals surface area contributed by atoms with Crippen LogP contribution in [0.1, 0.15) is 34.2 Å². The summed E-state index contributed by atoms with van der Waals surface area (Å²) in [4.78, 5) is 19.2. The number of rotatable bonds is 4. The first-order valence-electron chi connectivity index (χ1n) is 10.2. The Hall–Kier alpha value is -3.05. The number of aryl methyl sites for hydroxylation is 3. The molecule has 5 heterocycles. The predicted octanol–water partition coefficient (Wildman–Crippen LogP) is 3.12. The molecule has 1 aliphatic heterocycles. The summed E-state index contributed by atoms with van der Waals surface area (Å²) in [7, 11) is -1.28. The molecule has 0 bridgehead atoms. The van der Waals surface area contributed by atoms with Crippen LogP contribution >= 0.6 is 11.3 Å². The Bertz CT molecular complexity index is 1450. The van der Waals surface area contributed by atoms with Crippen molar-refractivity contribution in [3.05, 3.63) is 46.6 Å². The van der Waals surface area contributed by atoms with Gasteiger partial charge in [-0.2, -0.15) is 10.2 Å². The van der Waals surface area contributed by atoms with Crippen molar-refractivity contribution in [2.24, 2.45) is 7.05 Å². The lowest BCUT2D eigenvalue weighted by Gasteiger charge is -2.14. The van der Waals surface area contributed by atoms with Gasteiger partial charge in [0.15, 0.2) is 15.5 Å². The second-order valence-corrected chi connectivity index (χ2v) is 11.2. The van der Waals surface area contributed by atoms with E-state index < -0.39 is 9.84 Å². The summed E-state index contributed by atoms with van der Waals surface area (Å²) < 4.78 is 27.2. The number of nitrogens with zero attached hydrogens (tertiary/aromatic N) is 5. The van der Waals surface area contributed by atoms with Crippen molar-refractivity contribution in [1.29, 1.82) is 0 Å². The van der Waals surface area contributed by atoms with E-state index in [1.165, 1.54) is 0 Å². The fraction of sp³-hybridized carbons (Fsp3) is 0.333. The quantitative estimate of drug-likeness (QED) is 0.490. The van der Waals surface area contributed by atoms with Gasteiger partial charge in [-0.05, 0) is 37.8 Å². The standard InChI is InChI=1S/C21H22N6O3S2/c1-12-9-18(27(24-12)14-6-8-32(29,30)11-14)23-21(28)15-10-16(17-5-4-7-31-17)22-20-19(15)13(2)25-26(20)3/h4-5,7,9-10,14H,6,8,11H2,1-3H3,(H,23,28). The molecule has 32 heavy (non-hydrogen) atoms. The molecule has 0 aliphatic carbocycles. The van der Waals surface area contributed by atoms with E-state index >= 15 is 0 Å². The second-order valence-electron chi connectivity index (χ2n) is 8.07. The summed E-state index contributed by atoms with van der Waals surface area (Å²) in [5.74, 6) is 0.335. The minimum atomic E-state index is -3.09. The SMILES string of the molecule is Cc1cc(NC(=O)c2cc(-c3cccs3)nc3c2c(C)nn3C)n(C2CCS(=O)(=O)C2)n1. The van der Waals surface area contributed by atoms with Gasteiger partial charge in [0, 0.05) is 13.1 Å². The number of hydrogen-bond donors (Lipinski definition) is 1. The molecule has 1 unspecified atom stereocenters. The van der Waals surface area contributed by atoms with Gasteiger partial charge in [0.1, 0.15) is 5.82 Å². The summed E-state index contributed by atoms with van der Waals surface area (Å²) in [5, 5.41) is 14.5. The van der Waals surface area contributed by atoms with Crippen molar-refractivity contribution in [3.8, 4) is 10.6 Å². The van der Waals surface area contributed by atoms with Gasteiger partial charge in [-0.15, -0.1) is 11.3 Å². The van der Waals surface area contributed by atoms with E-state index in [4.69, 9.17) is 4.98 Å². The number of aromatic nitrogens is 5. The minimum absolute atomic E-state index is 0.0285. The molecule has 1 aliphatic rings. The predicted molar refractivity (Wildman–Crippen MR) is 124 cm³/mol. The largest absolute Gasteiger partial charge is 0.307 e. The third-order valence-corrected chi connectivity index (χ3v) is 8.28. The van der Waals surface area contributed by atoms with Crippen LogP contribution in [0.3, 0.4) is 0 Å². The van der Waals surface area contributed by atoms with E-state index in [0.29, 0.717) is 45.9 Å². The molecular weight excluding hydrogens is 448 g/mol. The summed E-state index contributed by atoms with van der Waals surface area (Å²) in [5.41, 5.74) is 3.22. The number of fused-ring (bicyclic) bond motifs is 1. The highest BCUT2D eigenvalue weighted by molar-refractivity contribution is 7.91. The van der Waals surface area contributed by atoms with Gasteiger partial charge >= 0.3 is 0 Å². The number of nitrogens with one attached hydrogen (secondary N) is 1. The number of thiophene rings is 1. The van der Waals surface area contributed by atoms with Crippen molar-refractivity contribution in [2.75, 3.05) is 16.8 Å².